The van der Waals surface area contributed by atoms with E-state index >= 15 is 0 Å². The van der Waals surface area contributed by atoms with Crippen molar-refractivity contribution in [1.82, 2.24) is 15.1 Å². The molecule has 1 aromatic heterocycles. The van der Waals surface area contributed by atoms with Crippen LogP contribution in [0, 0.1) is 0 Å². The molecule has 1 amide bonds. The summed E-state index contributed by atoms with van der Waals surface area (Å²) in [4.78, 5) is 23.3. The maximum atomic E-state index is 11.7. The quantitative estimate of drug-likeness (QED) is 0.895. The minimum Gasteiger partial charge on any atom is -0.376 e. The van der Waals surface area contributed by atoms with E-state index in [1.807, 2.05) is 0 Å². The zero-order chi connectivity index (χ0) is 13.8. The Morgan fingerprint density at radius 3 is 3.05 bits per heavy atom. The van der Waals surface area contributed by atoms with Crippen LogP contribution < -0.4 is 10.9 Å². The maximum Gasteiger partial charge on any atom is 0.287 e. The number of amides is 1. The van der Waals surface area contributed by atoms with Crippen LogP contribution in [-0.2, 0) is 16.1 Å². The molecule has 1 aliphatic heterocycles. The Labute approximate surface area is 119 Å². The highest BCUT2D eigenvalue weighted by Crippen LogP contribution is 2.14. The lowest BCUT2D eigenvalue weighted by atomic mass is 10.2. The zero-order valence-electron chi connectivity index (χ0n) is 10.1. The number of nitrogens with zero attached hydrogens (tertiary/aromatic N) is 2. The molecule has 19 heavy (non-hydrogen) atoms. The second-order valence-electron chi connectivity index (χ2n) is 4.21. The molecule has 1 aromatic rings. The third-order valence-corrected chi connectivity index (χ3v) is 3.54. The van der Waals surface area contributed by atoms with E-state index < -0.39 is 5.56 Å². The van der Waals surface area contributed by atoms with E-state index in [2.05, 4.69) is 10.4 Å². The first-order valence-corrected chi connectivity index (χ1v) is 6.63. The molecule has 2 heterocycles. The molecule has 1 aliphatic rings. The highest BCUT2D eigenvalue weighted by Gasteiger charge is 2.17. The number of rotatable bonds is 4. The molecule has 1 saturated heterocycles. The van der Waals surface area contributed by atoms with Crippen LogP contribution in [0.4, 0.5) is 0 Å². The highest BCUT2D eigenvalue weighted by molar-refractivity contribution is 6.41. The monoisotopic (exact) mass is 305 g/mol. The minimum atomic E-state index is -0.582. The number of carbonyl (C=O) groups is 1. The van der Waals surface area contributed by atoms with E-state index in [9.17, 15) is 9.59 Å². The number of ether oxygens (including phenoxy) is 1. The van der Waals surface area contributed by atoms with Crippen LogP contribution >= 0.6 is 23.2 Å². The standard InChI is InChI=1S/C11H13Cl2N3O3/c12-8-5-15-16(11(18)10(8)13)6-9(17)14-4-7-2-1-3-19-7/h5,7H,1-4,6H2,(H,14,17)/t7-/m0/s1. The molecule has 0 unspecified atom stereocenters. The van der Waals surface area contributed by atoms with Crippen molar-refractivity contribution in [2.24, 2.45) is 0 Å². The summed E-state index contributed by atoms with van der Waals surface area (Å²) in [5.74, 6) is -0.316. The summed E-state index contributed by atoms with van der Waals surface area (Å²) in [6, 6.07) is 0. The van der Waals surface area contributed by atoms with Crippen molar-refractivity contribution >= 4 is 29.1 Å². The molecule has 0 aliphatic carbocycles. The fraction of sp³-hybridized carbons (Fsp3) is 0.545. The molecule has 1 N–H and O–H groups in total. The van der Waals surface area contributed by atoms with Gasteiger partial charge in [0.2, 0.25) is 5.91 Å². The fourth-order valence-electron chi connectivity index (χ4n) is 1.78. The van der Waals surface area contributed by atoms with Gasteiger partial charge in [-0.2, -0.15) is 5.10 Å². The van der Waals surface area contributed by atoms with Gasteiger partial charge >= 0.3 is 0 Å². The molecule has 104 valence electrons. The number of aromatic nitrogens is 2. The Morgan fingerprint density at radius 2 is 2.37 bits per heavy atom. The maximum absolute atomic E-state index is 11.7. The van der Waals surface area contributed by atoms with Crippen LogP contribution in [-0.4, -0.2) is 34.9 Å². The van der Waals surface area contributed by atoms with Gasteiger partial charge in [0.25, 0.3) is 5.56 Å². The first-order chi connectivity index (χ1) is 9.08. The average molecular weight is 306 g/mol. The Kier molecular flexibility index (Phi) is 4.79. The van der Waals surface area contributed by atoms with E-state index in [0.717, 1.165) is 24.1 Å². The van der Waals surface area contributed by atoms with Crippen LogP contribution in [0.25, 0.3) is 0 Å². The van der Waals surface area contributed by atoms with Gasteiger partial charge in [0.1, 0.15) is 11.6 Å². The number of carbonyl (C=O) groups excluding carboxylic acids is 1. The van der Waals surface area contributed by atoms with Crippen molar-refractivity contribution in [3.63, 3.8) is 0 Å². The number of halogens is 2. The van der Waals surface area contributed by atoms with Crippen LogP contribution in [0.1, 0.15) is 12.8 Å². The number of hydrogen-bond acceptors (Lipinski definition) is 4. The summed E-state index contributed by atoms with van der Waals surface area (Å²) in [5, 5.41) is 6.39. The first-order valence-electron chi connectivity index (χ1n) is 5.87. The van der Waals surface area contributed by atoms with Crippen LogP contribution in [0.5, 0.6) is 0 Å². The molecular formula is C11H13Cl2N3O3. The predicted octanol–water partition coefficient (Wildman–Crippen LogP) is 0.845. The summed E-state index contributed by atoms with van der Waals surface area (Å²) in [6.07, 6.45) is 3.24. The summed E-state index contributed by atoms with van der Waals surface area (Å²) in [7, 11) is 0. The van der Waals surface area contributed by atoms with Gasteiger partial charge < -0.3 is 10.1 Å². The van der Waals surface area contributed by atoms with Gasteiger partial charge in [0.15, 0.2) is 0 Å². The fourth-order valence-corrected chi connectivity index (χ4v) is 2.05. The summed E-state index contributed by atoms with van der Waals surface area (Å²) in [5.41, 5.74) is -0.582. The molecule has 0 aromatic carbocycles. The number of hydrogen-bond donors (Lipinski definition) is 1. The SMILES string of the molecule is O=C(Cn1ncc(Cl)c(Cl)c1=O)NC[C@@H]1CCCO1. The smallest absolute Gasteiger partial charge is 0.287 e. The van der Waals surface area contributed by atoms with E-state index in [1.165, 1.54) is 6.20 Å². The molecule has 6 nitrogen and oxygen atoms in total. The Bertz CT molecular complexity index is 526. The van der Waals surface area contributed by atoms with E-state index in [-0.39, 0.29) is 28.6 Å². The normalized spacial score (nSPS) is 18.5. The molecule has 8 heteroatoms. The largest absolute Gasteiger partial charge is 0.376 e. The Hall–Kier alpha value is -1.11. The Balaban J connectivity index is 1.91. The summed E-state index contributed by atoms with van der Waals surface area (Å²) < 4.78 is 6.35. The highest BCUT2D eigenvalue weighted by atomic mass is 35.5. The van der Waals surface area contributed by atoms with Crippen molar-refractivity contribution in [3.8, 4) is 0 Å². The van der Waals surface area contributed by atoms with E-state index in [0.29, 0.717) is 6.54 Å². The topological polar surface area (TPSA) is 73.2 Å². The molecule has 0 radical (unpaired) electrons. The van der Waals surface area contributed by atoms with Gasteiger partial charge in [-0.15, -0.1) is 0 Å². The molecule has 1 fully saturated rings. The van der Waals surface area contributed by atoms with Crippen molar-refractivity contribution in [1.29, 1.82) is 0 Å². The van der Waals surface area contributed by atoms with Gasteiger partial charge in [0, 0.05) is 13.2 Å². The van der Waals surface area contributed by atoms with Crippen molar-refractivity contribution in [2.75, 3.05) is 13.2 Å². The summed E-state index contributed by atoms with van der Waals surface area (Å²) in [6.45, 7) is 0.978. The van der Waals surface area contributed by atoms with E-state index in [4.69, 9.17) is 27.9 Å². The molecular weight excluding hydrogens is 293 g/mol. The van der Waals surface area contributed by atoms with Gasteiger partial charge in [-0.25, -0.2) is 4.68 Å². The number of nitrogens with one attached hydrogen (secondary N) is 1. The minimum absolute atomic E-state index is 0.0578. The molecule has 0 saturated carbocycles. The second-order valence-corrected chi connectivity index (χ2v) is 4.99. The first kappa shape index (κ1) is 14.3. The second kappa shape index (κ2) is 6.36. The van der Waals surface area contributed by atoms with Crippen molar-refractivity contribution in [2.45, 2.75) is 25.5 Å². The Morgan fingerprint density at radius 1 is 1.58 bits per heavy atom. The molecule has 0 bridgehead atoms. The third kappa shape index (κ3) is 3.68. The van der Waals surface area contributed by atoms with E-state index in [1.54, 1.807) is 0 Å². The predicted molar refractivity (Wildman–Crippen MR) is 70.5 cm³/mol. The molecule has 2 rings (SSSR count). The third-order valence-electron chi connectivity index (χ3n) is 2.79. The van der Waals surface area contributed by atoms with Gasteiger partial charge in [-0.1, -0.05) is 23.2 Å². The average Bonchev–Trinajstić information content (AvgIpc) is 2.90. The van der Waals surface area contributed by atoms with Crippen LogP contribution in [0.3, 0.4) is 0 Å². The lowest BCUT2D eigenvalue weighted by Gasteiger charge is -2.11. The molecule has 1 atom stereocenters. The lowest BCUT2D eigenvalue weighted by molar-refractivity contribution is -0.122. The summed E-state index contributed by atoms with van der Waals surface area (Å²) >= 11 is 11.3. The van der Waals surface area contributed by atoms with Gasteiger partial charge in [-0.05, 0) is 12.8 Å². The van der Waals surface area contributed by atoms with Crippen molar-refractivity contribution < 1.29 is 9.53 Å². The van der Waals surface area contributed by atoms with Gasteiger partial charge in [-0.3, -0.25) is 9.59 Å². The molecule has 0 spiro atoms. The van der Waals surface area contributed by atoms with Crippen molar-refractivity contribution in [3.05, 3.63) is 26.6 Å². The zero-order valence-corrected chi connectivity index (χ0v) is 11.6. The van der Waals surface area contributed by atoms with Crippen LogP contribution in [0.15, 0.2) is 11.0 Å². The van der Waals surface area contributed by atoms with Gasteiger partial charge in [0.05, 0.1) is 17.3 Å². The lowest BCUT2D eigenvalue weighted by Crippen LogP contribution is -2.37. The van der Waals surface area contributed by atoms with Crippen LogP contribution in [0.2, 0.25) is 10.0 Å².